The standard InChI is InChI=1S/C14H26N2O2/c1-12(2)5-6-15-7-9-16(10-8-15)14(17)13-4-3-11-18-13/h12-13H,3-11H2,1-2H3. The lowest BCUT2D eigenvalue weighted by Crippen LogP contribution is -2.51. The number of hydrogen-bond acceptors (Lipinski definition) is 3. The van der Waals surface area contributed by atoms with Gasteiger partial charge in [0.2, 0.25) is 0 Å². The van der Waals surface area contributed by atoms with Crippen molar-refractivity contribution in [2.75, 3.05) is 39.3 Å². The summed E-state index contributed by atoms with van der Waals surface area (Å²) in [4.78, 5) is 16.6. The van der Waals surface area contributed by atoms with Crippen molar-refractivity contribution in [2.45, 2.75) is 39.2 Å². The molecule has 0 aromatic rings. The predicted molar refractivity (Wildman–Crippen MR) is 71.4 cm³/mol. The number of hydrogen-bond donors (Lipinski definition) is 0. The van der Waals surface area contributed by atoms with E-state index in [2.05, 4.69) is 18.7 Å². The minimum Gasteiger partial charge on any atom is -0.368 e. The van der Waals surface area contributed by atoms with E-state index in [0.717, 1.165) is 51.5 Å². The number of amides is 1. The minimum atomic E-state index is -0.146. The summed E-state index contributed by atoms with van der Waals surface area (Å²) in [7, 11) is 0. The molecule has 104 valence electrons. The Morgan fingerprint density at radius 1 is 1.28 bits per heavy atom. The number of ether oxygens (including phenoxy) is 1. The van der Waals surface area contributed by atoms with Gasteiger partial charge in [0.05, 0.1) is 0 Å². The van der Waals surface area contributed by atoms with Gasteiger partial charge in [-0.05, 0) is 31.7 Å². The minimum absolute atomic E-state index is 0.146. The van der Waals surface area contributed by atoms with Crippen LogP contribution in [0.5, 0.6) is 0 Å². The van der Waals surface area contributed by atoms with E-state index >= 15 is 0 Å². The van der Waals surface area contributed by atoms with Gasteiger partial charge in [0, 0.05) is 32.8 Å². The zero-order valence-electron chi connectivity index (χ0n) is 11.7. The molecule has 18 heavy (non-hydrogen) atoms. The van der Waals surface area contributed by atoms with E-state index in [-0.39, 0.29) is 12.0 Å². The summed E-state index contributed by atoms with van der Waals surface area (Å²) >= 11 is 0. The van der Waals surface area contributed by atoms with E-state index in [1.54, 1.807) is 0 Å². The van der Waals surface area contributed by atoms with Crippen LogP contribution in [0.15, 0.2) is 0 Å². The molecule has 0 radical (unpaired) electrons. The highest BCUT2D eigenvalue weighted by molar-refractivity contribution is 5.81. The molecule has 2 fully saturated rings. The van der Waals surface area contributed by atoms with E-state index in [4.69, 9.17) is 4.74 Å². The van der Waals surface area contributed by atoms with Crippen LogP contribution in [0.2, 0.25) is 0 Å². The van der Waals surface area contributed by atoms with Crippen molar-refractivity contribution in [3.8, 4) is 0 Å². The molecule has 0 aromatic heterocycles. The highest BCUT2D eigenvalue weighted by atomic mass is 16.5. The van der Waals surface area contributed by atoms with Gasteiger partial charge >= 0.3 is 0 Å². The van der Waals surface area contributed by atoms with Gasteiger partial charge in [0.15, 0.2) is 0 Å². The highest BCUT2D eigenvalue weighted by Gasteiger charge is 2.30. The molecule has 0 N–H and O–H groups in total. The lowest BCUT2D eigenvalue weighted by molar-refractivity contribution is -0.142. The van der Waals surface area contributed by atoms with Crippen molar-refractivity contribution in [2.24, 2.45) is 5.92 Å². The second-order valence-corrected chi connectivity index (χ2v) is 5.85. The Hall–Kier alpha value is -0.610. The lowest BCUT2D eigenvalue weighted by atomic mass is 10.1. The van der Waals surface area contributed by atoms with E-state index in [0.29, 0.717) is 0 Å². The second kappa shape index (κ2) is 6.53. The maximum absolute atomic E-state index is 12.2. The summed E-state index contributed by atoms with van der Waals surface area (Å²) in [6, 6.07) is 0. The Morgan fingerprint density at radius 2 is 2.00 bits per heavy atom. The first kappa shape index (κ1) is 13.8. The molecule has 0 aliphatic carbocycles. The summed E-state index contributed by atoms with van der Waals surface area (Å²) in [5, 5.41) is 0. The Balaban J connectivity index is 1.70. The molecule has 2 aliphatic rings. The summed E-state index contributed by atoms with van der Waals surface area (Å²) in [6.45, 7) is 10.2. The molecule has 2 saturated heterocycles. The summed E-state index contributed by atoms with van der Waals surface area (Å²) in [5.41, 5.74) is 0. The third-order valence-corrected chi connectivity index (χ3v) is 3.91. The SMILES string of the molecule is CC(C)CCN1CCN(C(=O)C2CCCO2)CC1. The van der Waals surface area contributed by atoms with Gasteiger partial charge in [0.1, 0.15) is 6.10 Å². The molecule has 0 spiro atoms. The van der Waals surface area contributed by atoms with Crippen molar-refractivity contribution in [1.29, 1.82) is 0 Å². The van der Waals surface area contributed by atoms with Gasteiger partial charge < -0.3 is 9.64 Å². The van der Waals surface area contributed by atoms with Crippen molar-refractivity contribution < 1.29 is 9.53 Å². The van der Waals surface area contributed by atoms with Crippen molar-refractivity contribution >= 4 is 5.91 Å². The zero-order chi connectivity index (χ0) is 13.0. The lowest BCUT2D eigenvalue weighted by Gasteiger charge is -2.36. The van der Waals surface area contributed by atoms with E-state index in [1.165, 1.54) is 13.0 Å². The summed E-state index contributed by atoms with van der Waals surface area (Å²) < 4.78 is 5.47. The van der Waals surface area contributed by atoms with Gasteiger partial charge in [-0.25, -0.2) is 0 Å². The maximum atomic E-state index is 12.2. The third-order valence-electron chi connectivity index (χ3n) is 3.91. The molecular weight excluding hydrogens is 228 g/mol. The Bertz CT molecular complexity index is 267. The first-order valence-corrected chi connectivity index (χ1v) is 7.29. The summed E-state index contributed by atoms with van der Waals surface area (Å²) in [5.74, 6) is 0.979. The van der Waals surface area contributed by atoms with Crippen LogP contribution in [0.4, 0.5) is 0 Å². The number of rotatable bonds is 4. The average molecular weight is 254 g/mol. The van der Waals surface area contributed by atoms with Crippen LogP contribution in [0.1, 0.15) is 33.1 Å². The quantitative estimate of drug-likeness (QED) is 0.759. The fourth-order valence-electron chi connectivity index (χ4n) is 2.61. The number of carbonyl (C=O) groups excluding carboxylic acids is 1. The third kappa shape index (κ3) is 3.69. The van der Waals surface area contributed by atoms with Crippen LogP contribution in [-0.2, 0) is 9.53 Å². The van der Waals surface area contributed by atoms with E-state index in [9.17, 15) is 4.79 Å². The normalized spacial score (nSPS) is 25.9. The molecule has 1 amide bonds. The monoisotopic (exact) mass is 254 g/mol. The van der Waals surface area contributed by atoms with Crippen molar-refractivity contribution in [3.63, 3.8) is 0 Å². The Labute approximate surface area is 110 Å². The molecule has 4 nitrogen and oxygen atoms in total. The molecule has 0 saturated carbocycles. The topological polar surface area (TPSA) is 32.8 Å². The smallest absolute Gasteiger partial charge is 0.251 e. The van der Waals surface area contributed by atoms with Crippen LogP contribution >= 0.6 is 0 Å². The molecule has 0 aromatic carbocycles. The predicted octanol–water partition coefficient (Wildman–Crippen LogP) is 1.36. The van der Waals surface area contributed by atoms with Gasteiger partial charge in [-0.1, -0.05) is 13.8 Å². The van der Waals surface area contributed by atoms with Crippen LogP contribution < -0.4 is 0 Å². The maximum Gasteiger partial charge on any atom is 0.251 e. The Kier molecular flexibility index (Phi) is 5.01. The van der Waals surface area contributed by atoms with Crippen LogP contribution in [0.3, 0.4) is 0 Å². The summed E-state index contributed by atoms with van der Waals surface area (Å²) in [6.07, 6.45) is 3.05. The second-order valence-electron chi connectivity index (χ2n) is 5.85. The van der Waals surface area contributed by atoms with Gasteiger partial charge in [-0.2, -0.15) is 0 Å². The fourth-order valence-corrected chi connectivity index (χ4v) is 2.61. The molecule has 1 atom stereocenters. The number of piperazine rings is 1. The van der Waals surface area contributed by atoms with Crippen LogP contribution in [0.25, 0.3) is 0 Å². The van der Waals surface area contributed by atoms with Crippen molar-refractivity contribution in [1.82, 2.24) is 9.80 Å². The molecule has 1 unspecified atom stereocenters. The van der Waals surface area contributed by atoms with Crippen molar-refractivity contribution in [3.05, 3.63) is 0 Å². The first-order chi connectivity index (χ1) is 8.66. The zero-order valence-corrected chi connectivity index (χ0v) is 11.7. The average Bonchev–Trinajstić information content (AvgIpc) is 2.90. The van der Waals surface area contributed by atoms with E-state index in [1.807, 2.05) is 4.90 Å². The van der Waals surface area contributed by atoms with Crippen LogP contribution in [-0.4, -0.2) is 61.1 Å². The highest BCUT2D eigenvalue weighted by Crippen LogP contribution is 2.16. The van der Waals surface area contributed by atoms with Gasteiger partial charge in [-0.3, -0.25) is 9.69 Å². The molecule has 0 bridgehead atoms. The fraction of sp³-hybridized carbons (Fsp3) is 0.929. The van der Waals surface area contributed by atoms with Gasteiger partial charge in [-0.15, -0.1) is 0 Å². The molecule has 2 aliphatic heterocycles. The molecule has 2 heterocycles. The number of nitrogens with zero attached hydrogens (tertiary/aromatic N) is 2. The van der Waals surface area contributed by atoms with E-state index < -0.39 is 0 Å². The molecule has 4 heteroatoms. The number of carbonyl (C=O) groups is 1. The van der Waals surface area contributed by atoms with Gasteiger partial charge in [0.25, 0.3) is 5.91 Å². The first-order valence-electron chi connectivity index (χ1n) is 7.29. The van der Waals surface area contributed by atoms with Crippen LogP contribution in [0, 0.1) is 5.92 Å². The largest absolute Gasteiger partial charge is 0.368 e. The molecular formula is C14H26N2O2. The molecule has 2 rings (SSSR count). The Morgan fingerprint density at radius 3 is 2.56 bits per heavy atom.